The molecule has 0 aliphatic carbocycles. The zero-order valence-electron chi connectivity index (χ0n) is 9.20. The summed E-state index contributed by atoms with van der Waals surface area (Å²) in [6.07, 6.45) is -0.0218. The molecule has 0 spiro atoms. The van der Waals surface area contributed by atoms with Crippen LogP contribution >= 0.6 is 0 Å². The van der Waals surface area contributed by atoms with E-state index in [2.05, 4.69) is 0 Å². The van der Waals surface area contributed by atoms with Crippen LogP contribution in [0.1, 0.15) is 34.1 Å². The molecule has 1 heterocycles. The Labute approximate surface area is 84.5 Å². The summed E-state index contributed by atoms with van der Waals surface area (Å²) in [6.45, 7) is 7.71. The Bertz CT molecular complexity index is 212. The lowest BCUT2D eigenvalue weighted by Gasteiger charge is -2.16. The predicted octanol–water partition coefficient (Wildman–Crippen LogP) is 1.48. The summed E-state index contributed by atoms with van der Waals surface area (Å²) in [5.74, 6) is -1.01. The maximum absolute atomic E-state index is 11.5. The molecule has 4 heteroatoms. The molecule has 1 fully saturated rings. The van der Waals surface area contributed by atoms with Crippen LogP contribution in [0.25, 0.3) is 0 Å². The van der Waals surface area contributed by atoms with Gasteiger partial charge in [-0.3, -0.25) is 0 Å². The van der Waals surface area contributed by atoms with Crippen LogP contribution in [0.4, 0.5) is 0 Å². The SMILES string of the molecule is CCOC(=O)[C@@H]1OC(C)(C)O[C@H]1CC. The topological polar surface area (TPSA) is 44.8 Å². The predicted molar refractivity (Wildman–Crippen MR) is 50.7 cm³/mol. The van der Waals surface area contributed by atoms with Gasteiger partial charge in [0.15, 0.2) is 11.9 Å². The van der Waals surface area contributed by atoms with E-state index in [0.29, 0.717) is 6.61 Å². The zero-order chi connectivity index (χ0) is 10.8. The van der Waals surface area contributed by atoms with Crippen molar-refractivity contribution >= 4 is 5.97 Å². The lowest BCUT2D eigenvalue weighted by Crippen LogP contribution is -2.32. The van der Waals surface area contributed by atoms with Crippen molar-refractivity contribution in [3.8, 4) is 0 Å². The average molecular weight is 202 g/mol. The summed E-state index contributed by atoms with van der Waals surface area (Å²) in [7, 11) is 0. The van der Waals surface area contributed by atoms with Crippen molar-refractivity contribution in [1.82, 2.24) is 0 Å². The second-order valence-electron chi connectivity index (χ2n) is 3.75. The van der Waals surface area contributed by atoms with Gasteiger partial charge in [-0.05, 0) is 27.2 Å². The van der Waals surface area contributed by atoms with Gasteiger partial charge >= 0.3 is 5.97 Å². The molecule has 0 aromatic rings. The van der Waals surface area contributed by atoms with E-state index in [-0.39, 0.29) is 12.1 Å². The molecule has 14 heavy (non-hydrogen) atoms. The zero-order valence-corrected chi connectivity index (χ0v) is 9.20. The van der Waals surface area contributed by atoms with Gasteiger partial charge in [0.05, 0.1) is 12.7 Å². The molecule has 1 rings (SSSR count). The van der Waals surface area contributed by atoms with Gasteiger partial charge < -0.3 is 14.2 Å². The maximum atomic E-state index is 11.5. The Kier molecular flexibility index (Phi) is 3.50. The first kappa shape index (κ1) is 11.5. The Morgan fingerprint density at radius 3 is 2.50 bits per heavy atom. The molecule has 1 aliphatic heterocycles. The highest BCUT2D eigenvalue weighted by atomic mass is 16.8. The molecule has 0 N–H and O–H groups in total. The third-order valence-corrected chi connectivity index (χ3v) is 2.10. The third kappa shape index (κ3) is 2.45. The van der Waals surface area contributed by atoms with Crippen LogP contribution in [0.15, 0.2) is 0 Å². The highest BCUT2D eigenvalue weighted by Crippen LogP contribution is 2.30. The largest absolute Gasteiger partial charge is 0.464 e. The van der Waals surface area contributed by atoms with E-state index in [9.17, 15) is 4.79 Å². The summed E-state index contributed by atoms with van der Waals surface area (Å²) >= 11 is 0. The first-order valence-corrected chi connectivity index (χ1v) is 5.02. The van der Waals surface area contributed by atoms with Crippen LogP contribution < -0.4 is 0 Å². The van der Waals surface area contributed by atoms with E-state index < -0.39 is 11.9 Å². The summed E-state index contributed by atoms with van der Waals surface area (Å²) in [4.78, 5) is 11.5. The van der Waals surface area contributed by atoms with Crippen LogP contribution in [0.5, 0.6) is 0 Å². The van der Waals surface area contributed by atoms with Crippen molar-refractivity contribution in [1.29, 1.82) is 0 Å². The second kappa shape index (κ2) is 4.28. The van der Waals surface area contributed by atoms with Crippen molar-refractivity contribution in [3.05, 3.63) is 0 Å². The highest BCUT2D eigenvalue weighted by molar-refractivity contribution is 5.75. The van der Waals surface area contributed by atoms with Gasteiger partial charge in [-0.2, -0.15) is 0 Å². The van der Waals surface area contributed by atoms with Gasteiger partial charge in [0.1, 0.15) is 0 Å². The van der Waals surface area contributed by atoms with Gasteiger partial charge in [-0.15, -0.1) is 0 Å². The first-order valence-electron chi connectivity index (χ1n) is 5.02. The van der Waals surface area contributed by atoms with E-state index >= 15 is 0 Å². The number of hydrogen-bond donors (Lipinski definition) is 0. The molecule has 82 valence electrons. The van der Waals surface area contributed by atoms with E-state index in [4.69, 9.17) is 14.2 Å². The number of ether oxygens (including phenoxy) is 3. The van der Waals surface area contributed by atoms with Crippen molar-refractivity contribution < 1.29 is 19.0 Å². The molecular formula is C10H18O4. The lowest BCUT2D eigenvalue weighted by atomic mass is 10.1. The minimum absolute atomic E-state index is 0.191. The lowest BCUT2D eigenvalue weighted by molar-refractivity contribution is -0.170. The first-order chi connectivity index (χ1) is 6.50. The Morgan fingerprint density at radius 2 is 2.00 bits per heavy atom. The fraction of sp³-hybridized carbons (Fsp3) is 0.900. The number of esters is 1. The Balaban J connectivity index is 2.63. The quantitative estimate of drug-likeness (QED) is 0.650. The normalized spacial score (nSPS) is 30.3. The standard InChI is InChI=1S/C10H18O4/c1-5-7-8(9(11)12-6-2)14-10(3,4)13-7/h7-8H,5-6H2,1-4H3/t7-,8+/m0/s1. The number of carbonyl (C=O) groups is 1. The third-order valence-electron chi connectivity index (χ3n) is 2.10. The van der Waals surface area contributed by atoms with Crippen LogP contribution in [-0.4, -0.2) is 30.6 Å². The van der Waals surface area contributed by atoms with Crippen molar-refractivity contribution in [2.45, 2.75) is 52.1 Å². The van der Waals surface area contributed by atoms with E-state index in [1.54, 1.807) is 20.8 Å². The van der Waals surface area contributed by atoms with Gasteiger partial charge in [0, 0.05) is 0 Å². The summed E-state index contributed by atoms with van der Waals surface area (Å²) in [6, 6.07) is 0. The summed E-state index contributed by atoms with van der Waals surface area (Å²) < 4.78 is 15.9. The molecule has 0 aromatic carbocycles. The number of hydrogen-bond acceptors (Lipinski definition) is 4. The van der Waals surface area contributed by atoms with Crippen molar-refractivity contribution in [2.24, 2.45) is 0 Å². The fourth-order valence-electron chi connectivity index (χ4n) is 1.56. The summed E-state index contributed by atoms with van der Waals surface area (Å²) in [5.41, 5.74) is 0. The molecule has 0 radical (unpaired) electrons. The number of rotatable bonds is 3. The summed E-state index contributed by atoms with van der Waals surface area (Å²) in [5, 5.41) is 0. The molecule has 0 amide bonds. The van der Waals surface area contributed by atoms with Crippen molar-refractivity contribution in [3.63, 3.8) is 0 Å². The van der Waals surface area contributed by atoms with Crippen LogP contribution in [0, 0.1) is 0 Å². The highest BCUT2D eigenvalue weighted by Gasteiger charge is 2.44. The molecule has 1 saturated heterocycles. The van der Waals surface area contributed by atoms with E-state index in [1.165, 1.54) is 0 Å². The Hall–Kier alpha value is -0.610. The molecule has 4 nitrogen and oxygen atoms in total. The molecule has 0 aromatic heterocycles. The van der Waals surface area contributed by atoms with Gasteiger partial charge in [0.25, 0.3) is 0 Å². The number of carbonyl (C=O) groups excluding carboxylic acids is 1. The van der Waals surface area contributed by atoms with Crippen molar-refractivity contribution in [2.75, 3.05) is 6.61 Å². The van der Waals surface area contributed by atoms with E-state index in [1.807, 2.05) is 6.92 Å². The van der Waals surface area contributed by atoms with Gasteiger partial charge in [-0.1, -0.05) is 6.92 Å². The molecule has 0 unspecified atom stereocenters. The Morgan fingerprint density at radius 1 is 1.36 bits per heavy atom. The monoisotopic (exact) mass is 202 g/mol. The molecule has 0 bridgehead atoms. The van der Waals surface area contributed by atoms with Crippen LogP contribution in [0.3, 0.4) is 0 Å². The molecular weight excluding hydrogens is 184 g/mol. The molecule has 2 atom stereocenters. The maximum Gasteiger partial charge on any atom is 0.338 e. The van der Waals surface area contributed by atoms with Crippen LogP contribution in [0.2, 0.25) is 0 Å². The minimum atomic E-state index is -0.682. The minimum Gasteiger partial charge on any atom is -0.464 e. The molecule has 1 aliphatic rings. The average Bonchev–Trinajstić information content (AvgIpc) is 2.41. The van der Waals surface area contributed by atoms with Gasteiger partial charge in [0.2, 0.25) is 0 Å². The fourth-order valence-corrected chi connectivity index (χ4v) is 1.56. The van der Waals surface area contributed by atoms with Crippen LogP contribution in [-0.2, 0) is 19.0 Å². The second-order valence-corrected chi connectivity index (χ2v) is 3.75. The molecule has 0 saturated carbocycles. The van der Waals surface area contributed by atoms with E-state index in [0.717, 1.165) is 6.42 Å². The smallest absolute Gasteiger partial charge is 0.338 e. The van der Waals surface area contributed by atoms with Gasteiger partial charge in [-0.25, -0.2) is 4.79 Å².